The number of allylic oxidation sites excluding steroid dienone is 2. The van der Waals surface area contributed by atoms with Crippen molar-refractivity contribution in [2.45, 2.75) is 12.5 Å². The molecule has 0 radical (unpaired) electrons. The third kappa shape index (κ3) is 7.56. The van der Waals surface area contributed by atoms with Crippen LogP contribution in [0.4, 0.5) is 0 Å². The Morgan fingerprint density at radius 1 is 0.912 bits per heavy atom. The molecule has 7 heteroatoms. The van der Waals surface area contributed by atoms with E-state index in [2.05, 4.69) is 26.6 Å². The van der Waals surface area contributed by atoms with Crippen LogP contribution in [0.15, 0.2) is 107 Å². The number of amides is 2. The molecule has 0 aliphatic rings. The van der Waals surface area contributed by atoms with Gasteiger partial charge in [-0.1, -0.05) is 94.8 Å². The molecule has 0 spiro atoms. The molecule has 0 saturated heterocycles. The monoisotopic (exact) mass is 518 g/mol. The molecule has 34 heavy (non-hydrogen) atoms. The maximum Gasteiger partial charge on any atom is 0.326 e. The van der Waals surface area contributed by atoms with Crippen molar-refractivity contribution < 1.29 is 19.5 Å². The highest BCUT2D eigenvalue weighted by atomic mass is 79.9. The highest BCUT2D eigenvalue weighted by Crippen LogP contribution is 2.12. The molecular formula is C27H23BrN2O4. The molecule has 1 atom stereocenters. The van der Waals surface area contributed by atoms with E-state index in [9.17, 15) is 19.5 Å². The molecule has 0 aliphatic carbocycles. The molecule has 0 fully saturated rings. The second-order valence-electron chi connectivity index (χ2n) is 7.37. The number of carboxylic acids is 1. The lowest BCUT2D eigenvalue weighted by Crippen LogP contribution is -2.45. The molecule has 3 rings (SSSR count). The summed E-state index contributed by atoms with van der Waals surface area (Å²) in [6, 6.07) is 24.0. The maximum absolute atomic E-state index is 13.0. The van der Waals surface area contributed by atoms with Gasteiger partial charge >= 0.3 is 5.97 Å². The standard InChI is InChI=1S/C27H23BrN2O4/c28-22-15-8-14-21(18-22)25(31)29-23(16-7-13-19-9-3-1-4-10-19)26(32)30-24(27(33)34)17-20-11-5-2-6-12-20/h1-16,18,24H,17H2,(H,29,31)(H,30,32)(H,33,34)/b13-7+,23-16-/t24-/m1/s1. The first-order chi connectivity index (χ1) is 16.4. The van der Waals surface area contributed by atoms with Crippen molar-refractivity contribution in [1.29, 1.82) is 0 Å². The number of halogens is 1. The van der Waals surface area contributed by atoms with E-state index in [0.29, 0.717) is 10.0 Å². The van der Waals surface area contributed by atoms with Crippen molar-refractivity contribution in [3.05, 3.63) is 124 Å². The average molecular weight is 519 g/mol. The normalized spacial score (nSPS) is 12.2. The van der Waals surface area contributed by atoms with Gasteiger partial charge in [0.15, 0.2) is 0 Å². The van der Waals surface area contributed by atoms with Gasteiger partial charge in [0.25, 0.3) is 11.8 Å². The van der Waals surface area contributed by atoms with Crippen molar-refractivity contribution in [3.63, 3.8) is 0 Å². The first-order valence-corrected chi connectivity index (χ1v) is 11.3. The fourth-order valence-corrected chi connectivity index (χ4v) is 3.50. The zero-order valence-electron chi connectivity index (χ0n) is 18.1. The minimum Gasteiger partial charge on any atom is -0.480 e. The minimum absolute atomic E-state index is 0.0727. The van der Waals surface area contributed by atoms with Gasteiger partial charge < -0.3 is 15.7 Å². The molecule has 0 unspecified atom stereocenters. The summed E-state index contributed by atoms with van der Waals surface area (Å²) in [5.41, 5.74) is 1.95. The Morgan fingerprint density at radius 2 is 1.59 bits per heavy atom. The quantitative estimate of drug-likeness (QED) is 0.285. The first kappa shape index (κ1) is 24.7. The van der Waals surface area contributed by atoms with Crippen LogP contribution in [-0.4, -0.2) is 28.9 Å². The second kappa shape index (κ2) is 12.3. The third-order valence-electron chi connectivity index (χ3n) is 4.82. The maximum atomic E-state index is 13.0. The molecule has 172 valence electrons. The summed E-state index contributed by atoms with van der Waals surface area (Å²) in [7, 11) is 0. The predicted octanol–water partition coefficient (Wildman–Crippen LogP) is 4.59. The summed E-state index contributed by atoms with van der Waals surface area (Å²) in [5, 5.41) is 14.8. The van der Waals surface area contributed by atoms with Crippen LogP contribution in [-0.2, 0) is 16.0 Å². The fourth-order valence-electron chi connectivity index (χ4n) is 3.10. The van der Waals surface area contributed by atoms with Crippen LogP contribution in [0.1, 0.15) is 21.5 Å². The number of aliphatic carboxylic acids is 1. The Kier molecular flexibility index (Phi) is 8.94. The van der Waals surface area contributed by atoms with Crippen LogP contribution in [0.25, 0.3) is 6.08 Å². The SMILES string of the molecule is O=C(N[C@H](Cc1ccccc1)C(=O)O)/C(=C/C=C/c1ccccc1)NC(=O)c1cccc(Br)c1. The van der Waals surface area contributed by atoms with E-state index in [4.69, 9.17) is 0 Å². The Bertz CT molecular complexity index is 1210. The summed E-state index contributed by atoms with van der Waals surface area (Å²) in [5.74, 6) is -2.37. The number of carbonyl (C=O) groups is 3. The molecule has 6 nitrogen and oxygen atoms in total. The number of hydrogen-bond acceptors (Lipinski definition) is 3. The van der Waals surface area contributed by atoms with Gasteiger partial charge in [0.1, 0.15) is 11.7 Å². The molecule has 0 saturated carbocycles. The minimum atomic E-state index is -1.17. The predicted molar refractivity (Wildman–Crippen MR) is 135 cm³/mol. The number of carbonyl (C=O) groups excluding carboxylic acids is 2. The fraction of sp³-hybridized carbons (Fsp3) is 0.0741. The lowest BCUT2D eigenvalue weighted by atomic mass is 10.1. The van der Waals surface area contributed by atoms with E-state index in [1.165, 1.54) is 6.08 Å². The van der Waals surface area contributed by atoms with Gasteiger partial charge in [-0.15, -0.1) is 0 Å². The Labute approximate surface area is 206 Å². The zero-order chi connectivity index (χ0) is 24.3. The zero-order valence-corrected chi connectivity index (χ0v) is 19.7. The Hall–Kier alpha value is -3.97. The Balaban J connectivity index is 1.82. The average Bonchev–Trinajstić information content (AvgIpc) is 2.84. The first-order valence-electron chi connectivity index (χ1n) is 10.5. The van der Waals surface area contributed by atoms with Crippen LogP contribution in [0.5, 0.6) is 0 Å². The molecule has 0 aliphatic heterocycles. The lowest BCUT2D eigenvalue weighted by Gasteiger charge is -2.16. The number of carboxylic acid groups (broad SMARTS) is 1. The third-order valence-corrected chi connectivity index (χ3v) is 5.31. The Morgan fingerprint density at radius 3 is 2.24 bits per heavy atom. The molecule has 3 N–H and O–H groups in total. The van der Waals surface area contributed by atoms with E-state index in [0.717, 1.165) is 11.1 Å². The van der Waals surface area contributed by atoms with Gasteiger partial charge in [-0.05, 0) is 35.4 Å². The van der Waals surface area contributed by atoms with Crippen molar-refractivity contribution in [1.82, 2.24) is 10.6 Å². The van der Waals surface area contributed by atoms with Crippen LogP contribution >= 0.6 is 15.9 Å². The molecular weight excluding hydrogens is 496 g/mol. The van der Waals surface area contributed by atoms with Crippen molar-refractivity contribution >= 4 is 39.8 Å². The second-order valence-corrected chi connectivity index (χ2v) is 8.28. The number of hydrogen-bond donors (Lipinski definition) is 3. The van der Waals surface area contributed by atoms with Crippen molar-refractivity contribution in [2.75, 3.05) is 0 Å². The van der Waals surface area contributed by atoms with E-state index in [1.54, 1.807) is 60.7 Å². The number of rotatable bonds is 9. The van der Waals surface area contributed by atoms with Gasteiger partial charge in [0.2, 0.25) is 0 Å². The largest absolute Gasteiger partial charge is 0.480 e. The molecule has 0 heterocycles. The summed E-state index contributed by atoms with van der Waals surface area (Å²) in [6.07, 6.45) is 4.95. The lowest BCUT2D eigenvalue weighted by molar-refractivity contribution is -0.141. The number of benzene rings is 3. The van der Waals surface area contributed by atoms with Crippen molar-refractivity contribution in [2.24, 2.45) is 0 Å². The summed E-state index contributed by atoms with van der Waals surface area (Å²) >= 11 is 3.32. The van der Waals surface area contributed by atoms with Gasteiger partial charge in [-0.3, -0.25) is 9.59 Å². The number of nitrogens with one attached hydrogen (secondary N) is 2. The van der Waals surface area contributed by atoms with E-state index in [-0.39, 0.29) is 12.1 Å². The molecule has 3 aromatic carbocycles. The van der Waals surface area contributed by atoms with Crippen LogP contribution < -0.4 is 10.6 Å². The van der Waals surface area contributed by atoms with Crippen LogP contribution in [0, 0.1) is 0 Å². The van der Waals surface area contributed by atoms with Crippen molar-refractivity contribution in [3.8, 4) is 0 Å². The smallest absolute Gasteiger partial charge is 0.326 e. The molecule has 3 aromatic rings. The van der Waals surface area contributed by atoms with Gasteiger partial charge in [-0.2, -0.15) is 0 Å². The van der Waals surface area contributed by atoms with Crippen LogP contribution in [0.2, 0.25) is 0 Å². The van der Waals surface area contributed by atoms with E-state index < -0.39 is 23.8 Å². The summed E-state index contributed by atoms with van der Waals surface area (Å²) in [4.78, 5) is 37.6. The van der Waals surface area contributed by atoms with E-state index in [1.807, 2.05) is 36.4 Å². The van der Waals surface area contributed by atoms with Gasteiger partial charge in [0.05, 0.1) is 0 Å². The summed E-state index contributed by atoms with van der Waals surface area (Å²) in [6.45, 7) is 0. The molecule has 0 bridgehead atoms. The topological polar surface area (TPSA) is 95.5 Å². The highest BCUT2D eigenvalue weighted by Gasteiger charge is 2.23. The van der Waals surface area contributed by atoms with Crippen LogP contribution in [0.3, 0.4) is 0 Å². The summed E-state index contributed by atoms with van der Waals surface area (Å²) < 4.78 is 0.716. The molecule has 0 aromatic heterocycles. The molecule has 2 amide bonds. The van der Waals surface area contributed by atoms with E-state index >= 15 is 0 Å². The highest BCUT2D eigenvalue weighted by molar-refractivity contribution is 9.10. The van der Waals surface area contributed by atoms with Gasteiger partial charge in [-0.25, -0.2) is 4.79 Å². The van der Waals surface area contributed by atoms with Gasteiger partial charge in [0, 0.05) is 16.5 Å².